The van der Waals surface area contributed by atoms with Crippen LogP contribution in [0.1, 0.15) is 13.8 Å². The zero-order valence-corrected chi connectivity index (χ0v) is 11.3. The second-order valence-electron chi connectivity index (χ2n) is 3.90. The minimum atomic E-state index is 0.184. The number of thiocarbonyl (C=S) groups is 1. The van der Waals surface area contributed by atoms with Crippen LogP contribution in [0.4, 0.5) is 5.69 Å². The number of pyridine rings is 1. The van der Waals surface area contributed by atoms with Crippen LogP contribution >= 0.6 is 12.2 Å². The minimum Gasteiger partial charge on any atom is -0.481 e. The molecule has 0 saturated carbocycles. The lowest BCUT2D eigenvalue weighted by atomic mass is 10.1. The summed E-state index contributed by atoms with van der Waals surface area (Å²) in [5.41, 5.74) is 6.71. The monoisotopic (exact) mass is 253 g/mol. The molecule has 1 aromatic heterocycles. The average molecular weight is 253 g/mol. The van der Waals surface area contributed by atoms with Gasteiger partial charge in [-0.25, -0.2) is 4.98 Å². The molecule has 1 rings (SSSR count). The SMILES string of the molecule is CCN(CC(C)C(N)=S)c1ccnc(OC)c1. The topological polar surface area (TPSA) is 51.4 Å². The molecule has 17 heavy (non-hydrogen) atoms. The van der Waals surface area contributed by atoms with Crippen LogP contribution in [0.5, 0.6) is 5.88 Å². The molecule has 1 atom stereocenters. The highest BCUT2D eigenvalue weighted by atomic mass is 32.1. The van der Waals surface area contributed by atoms with E-state index in [1.54, 1.807) is 13.3 Å². The van der Waals surface area contributed by atoms with Crippen molar-refractivity contribution in [1.29, 1.82) is 0 Å². The Balaban J connectivity index is 2.82. The fourth-order valence-electron chi connectivity index (χ4n) is 1.54. The van der Waals surface area contributed by atoms with Crippen molar-refractivity contribution in [2.45, 2.75) is 13.8 Å². The van der Waals surface area contributed by atoms with Gasteiger partial charge in [0, 0.05) is 37.0 Å². The Morgan fingerprint density at radius 2 is 2.35 bits per heavy atom. The van der Waals surface area contributed by atoms with Gasteiger partial charge in [0.25, 0.3) is 0 Å². The van der Waals surface area contributed by atoms with E-state index in [9.17, 15) is 0 Å². The number of nitrogens with zero attached hydrogens (tertiary/aromatic N) is 2. The standard InChI is InChI=1S/C12H19N3OS/c1-4-15(8-9(2)12(13)17)10-5-6-14-11(7-10)16-3/h5-7,9H,4,8H2,1-3H3,(H2,13,17). The predicted octanol–water partition coefficient (Wildman–Crippen LogP) is 1.84. The van der Waals surface area contributed by atoms with Crippen LogP contribution in [0.15, 0.2) is 18.3 Å². The van der Waals surface area contributed by atoms with E-state index >= 15 is 0 Å². The molecule has 1 unspecified atom stereocenters. The zero-order valence-electron chi connectivity index (χ0n) is 10.5. The molecule has 0 aliphatic heterocycles. The molecular formula is C12H19N3OS. The van der Waals surface area contributed by atoms with Crippen molar-refractivity contribution in [3.8, 4) is 5.88 Å². The summed E-state index contributed by atoms with van der Waals surface area (Å²) in [4.78, 5) is 6.84. The summed E-state index contributed by atoms with van der Waals surface area (Å²) in [5.74, 6) is 0.799. The van der Waals surface area contributed by atoms with Crippen LogP contribution in [0.3, 0.4) is 0 Å². The van der Waals surface area contributed by atoms with Gasteiger partial charge in [-0.1, -0.05) is 19.1 Å². The normalized spacial score (nSPS) is 11.9. The number of aromatic nitrogens is 1. The summed E-state index contributed by atoms with van der Waals surface area (Å²) in [6.45, 7) is 5.82. The first-order chi connectivity index (χ1) is 8.08. The molecule has 0 amide bonds. The van der Waals surface area contributed by atoms with Gasteiger partial charge in [-0.05, 0) is 13.0 Å². The van der Waals surface area contributed by atoms with E-state index in [1.807, 2.05) is 19.1 Å². The van der Waals surface area contributed by atoms with Crippen LogP contribution in [0.2, 0.25) is 0 Å². The minimum absolute atomic E-state index is 0.184. The van der Waals surface area contributed by atoms with E-state index in [-0.39, 0.29) is 5.92 Å². The third-order valence-corrected chi connectivity index (χ3v) is 3.06. The number of ether oxygens (including phenoxy) is 1. The Bertz CT molecular complexity index is 384. The molecular weight excluding hydrogens is 234 g/mol. The van der Waals surface area contributed by atoms with Gasteiger partial charge in [-0.2, -0.15) is 0 Å². The molecule has 1 heterocycles. The first kappa shape index (κ1) is 13.7. The Morgan fingerprint density at radius 1 is 1.65 bits per heavy atom. The average Bonchev–Trinajstić information content (AvgIpc) is 2.35. The maximum absolute atomic E-state index is 5.64. The molecule has 2 N–H and O–H groups in total. The predicted molar refractivity (Wildman–Crippen MR) is 74.6 cm³/mol. The van der Waals surface area contributed by atoms with Crippen LogP contribution in [-0.4, -0.2) is 30.2 Å². The molecule has 4 nitrogen and oxygen atoms in total. The van der Waals surface area contributed by atoms with Gasteiger partial charge in [-0.3, -0.25) is 0 Å². The molecule has 0 spiro atoms. The quantitative estimate of drug-likeness (QED) is 0.784. The van der Waals surface area contributed by atoms with Crippen LogP contribution < -0.4 is 15.4 Å². The Labute approximate surface area is 108 Å². The highest BCUT2D eigenvalue weighted by molar-refractivity contribution is 7.80. The largest absolute Gasteiger partial charge is 0.481 e. The number of anilines is 1. The first-order valence-corrected chi connectivity index (χ1v) is 6.03. The Kier molecular flexibility index (Phi) is 5.15. The molecule has 1 aromatic rings. The molecule has 0 aliphatic rings. The van der Waals surface area contributed by atoms with Crippen molar-refractivity contribution >= 4 is 22.9 Å². The van der Waals surface area contributed by atoms with E-state index in [2.05, 4.69) is 16.8 Å². The Morgan fingerprint density at radius 3 is 2.88 bits per heavy atom. The van der Waals surface area contributed by atoms with E-state index in [1.165, 1.54) is 0 Å². The second kappa shape index (κ2) is 6.39. The Hall–Kier alpha value is -1.36. The molecule has 94 valence electrons. The van der Waals surface area contributed by atoms with E-state index in [4.69, 9.17) is 22.7 Å². The molecule has 0 aliphatic carbocycles. The third-order valence-electron chi connectivity index (χ3n) is 2.65. The van der Waals surface area contributed by atoms with E-state index in [0.29, 0.717) is 10.9 Å². The van der Waals surface area contributed by atoms with Gasteiger partial charge >= 0.3 is 0 Å². The molecule has 0 fully saturated rings. The van der Waals surface area contributed by atoms with E-state index in [0.717, 1.165) is 18.8 Å². The van der Waals surface area contributed by atoms with Crippen molar-refractivity contribution in [1.82, 2.24) is 4.98 Å². The fraction of sp³-hybridized carbons (Fsp3) is 0.500. The highest BCUT2D eigenvalue weighted by Crippen LogP contribution is 2.19. The van der Waals surface area contributed by atoms with Crippen molar-refractivity contribution < 1.29 is 4.74 Å². The van der Waals surface area contributed by atoms with Crippen molar-refractivity contribution in [3.63, 3.8) is 0 Å². The van der Waals surface area contributed by atoms with Gasteiger partial charge in [-0.15, -0.1) is 0 Å². The summed E-state index contributed by atoms with van der Waals surface area (Å²) < 4.78 is 5.11. The summed E-state index contributed by atoms with van der Waals surface area (Å²) in [7, 11) is 1.61. The third kappa shape index (κ3) is 3.85. The lowest BCUT2D eigenvalue weighted by Crippen LogP contribution is -2.33. The summed E-state index contributed by atoms with van der Waals surface area (Å²) >= 11 is 5.00. The number of hydrogen-bond donors (Lipinski definition) is 1. The van der Waals surface area contributed by atoms with Gasteiger partial charge < -0.3 is 15.4 Å². The van der Waals surface area contributed by atoms with Crippen molar-refractivity contribution in [3.05, 3.63) is 18.3 Å². The van der Waals surface area contributed by atoms with Crippen molar-refractivity contribution in [2.24, 2.45) is 11.7 Å². The first-order valence-electron chi connectivity index (χ1n) is 5.62. The highest BCUT2D eigenvalue weighted by Gasteiger charge is 2.12. The number of rotatable bonds is 6. The molecule has 0 bridgehead atoms. The summed E-state index contributed by atoms with van der Waals surface area (Å²) in [6.07, 6.45) is 1.74. The smallest absolute Gasteiger partial charge is 0.214 e. The molecule has 5 heteroatoms. The number of hydrogen-bond acceptors (Lipinski definition) is 4. The van der Waals surface area contributed by atoms with Crippen LogP contribution in [-0.2, 0) is 0 Å². The summed E-state index contributed by atoms with van der Waals surface area (Å²) in [6, 6.07) is 3.87. The maximum atomic E-state index is 5.64. The fourth-order valence-corrected chi connectivity index (χ4v) is 1.62. The van der Waals surface area contributed by atoms with Gasteiger partial charge in [0.1, 0.15) is 0 Å². The zero-order chi connectivity index (χ0) is 12.8. The molecule has 0 saturated heterocycles. The number of methoxy groups -OCH3 is 1. The lowest BCUT2D eigenvalue weighted by Gasteiger charge is -2.26. The van der Waals surface area contributed by atoms with Gasteiger partial charge in [0.2, 0.25) is 5.88 Å². The van der Waals surface area contributed by atoms with Crippen LogP contribution in [0, 0.1) is 5.92 Å². The van der Waals surface area contributed by atoms with Gasteiger partial charge in [0.05, 0.1) is 12.1 Å². The number of nitrogens with two attached hydrogens (primary N) is 1. The molecule has 0 radical (unpaired) electrons. The van der Waals surface area contributed by atoms with Gasteiger partial charge in [0.15, 0.2) is 0 Å². The molecule has 0 aromatic carbocycles. The maximum Gasteiger partial charge on any atom is 0.214 e. The second-order valence-corrected chi connectivity index (χ2v) is 4.37. The lowest BCUT2D eigenvalue weighted by molar-refractivity contribution is 0.398. The van der Waals surface area contributed by atoms with E-state index < -0.39 is 0 Å². The van der Waals surface area contributed by atoms with Crippen molar-refractivity contribution in [2.75, 3.05) is 25.1 Å². The summed E-state index contributed by atoms with van der Waals surface area (Å²) in [5, 5.41) is 0. The van der Waals surface area contributed by atoms with Crippen LogP contribution in [0.25, 0.3) is 0 Å².